The summed E-state index contributed by atoms with van der Waals surface area (Å²) in [5, 5.41) is 0. The number of methoxy groups -OCH3 is 1. The van der Waals surface area contributed by atoms with Gasteiger partial charge in [0, 0.05) is 13.1 Å². The van der Waals surface area contributed by atoms with E-state index in [2.05, 4.69) is 4.74 Å². The summed E-state index contributed by atoms with van der Waals surface area (Å²) in [6.07, 6.45) is 1.73. The molecule has 1 unspecified atom stereocenters. The van der Waals surface area contributed by atoms with Crippen LogP contribution in [-0.2, 0) is 24.3 Å². The highest BCUT2D eigenvalue weighted by molar-refractivity contribution is 7.89. The molecule has 18 heavy (non-hydrogen) atoms. The maximum atomic E-state index is 12.1. The lowest BCUT2D eigenvalue weighted by molar-refractivity contribution is -0.145. The van der Waals surface area contributed by atoms with E-state index >= 15 is 0 Å². The second-order valence-corrected chi connectivity index (χ2v) is 6.87. The van der Waals surface area contributed by atoms with E-state index in [1.165, 1.54) is 11.4 Å². The molecule has 1 aliphatic carbocycles. The van der Waals surface area contributed by atoms with Crippen LogP contribution in [0.25, 0.3) is 0 Å². The van der Waals surface area contributed by atoms with E-state index in [9.17, 15) is 13.2 Å². The van der Waals surface area contributed by atoms with Crippen molar-refractivity contribution in [1.29, 1.82) is 0 Å². The highest BCUT2D eigenvalue weighted by Gasteiger charge is 2.35. The summed E-state index contributed by atoms with van der Waals surface area (Å²) in [7, 11) is -1.88. The number of sulfonamides is 1. The average molecular weight is 277 g/mol. The van der Waals surface area contributed by atoms with Gasteiger partial charge in [0.05, 0.1) is 32.0 Å². The van der Waals surface area contributed by atoms with E-state index in [0.29, 0.717) is 19.1 Å². The summed E-state index contributed by atoms with van der Waals surface area (Å²) >= 11 is 0. The number of carbonyl (C=O) groups is 1. The molecule has 0 radical (unpaired) electrons. The molecule has 0 spiro atoms. The maximum Gasteiger partial charge on any atom is 0.308 e. The van der Waals surface area contributed by atoms with Gasteiger partial charge in [-0.05, 0) is 18.8 Å². The molecule has 0 aromatic rings. The van der Waals surface area contributed by atoms with Crippen LogP contribution in [0.1, 0.15) is 19.3 Å². The summed E-state index contributed by atoms with van der Waals surface area (Å²) in [5.74, 6) is 0.191. The predicted octanol–water partition coefficient (Wildman–Crippen LogP) is -0.00990. The summed E-state index contributed by atoms with van der Waals surface area (Å²) in [6.45, 7) is 0.975. The number of esters is 1. The van der Waals surface area contributed by atoms with E-state index < -0.39 is 10.0 Å². The number of nitrogens with zero attached hydrogens (tertiary/aromatic N) is 1. The second-order valence-electron chi connectivity index (χ2n) is 4.85. The van der Waals surface area contributed by atoms with Gasteiger partial charge in [0.1, 0.15) is 0 Å². The Bertz CT molecular complexity index is 404. The van der Waals surface area contributed by atoms with Gasteiger partial charge in [0.15, 0.2) is 0 Å². The standard InChI is InChI=1S/C11H19NO5S/c1-16-11(13)6-10-7-12(4-5-17-10)18(14,15)8-9-2-3-9/h9-10H,2-8H2,1H3. The van der Waals surface area contributed by atoms with Gasteiger partial charge < -0.3 is 9.47 Å². The maximum absolute atomic E-state index is 12.1. The molecule has 1 saturated heterocycles. The van der Waals surface area contributed by atoms with Crippen molar-refractivity contribution in [3.05, 3.63) is 0 Å². The molecule has 2 rings (SSSR count). The van der Waals surface area contributed by atoms with Crippen molar-refractivity contribution in [3.63, 3.8) is 0 Å². The zero-order valence-corrected chi connectivity index (χ0v) is 11.3. The van der Waals surface area contributed by atoms with Gasteiger partial charge in [-0.25, -0.2) is 8.42 Å². The lowest BCUT2D eigenvalue weighted by atomic mass is 10.2. The summed E-state index contributed by atoms with van der Waals surface area (Å²) < 4.78 is 35.6. The Kier molecular flexibility index (Phi) is 4.24. The van der Waals surface area contributed by atoms with Crippen LogP contribution in [0, 0.1) is 5.92 Å². The van der Waals surface area contributed by atoms with Gasteiger partial charge in [0.2, 0.25) is 10.0 Å². The first kappa shape index (κ1) is 13.8. The van der Waals surface area contributed by atoms with E-state index in [4.69, 9.17) is 4.74 Å². The first-order chi connectivity index (χ1) is 8.51. The first-order valence-electron chi connectivity index (χ1n) is 6.17. The van der Waals surface area contributed by atoms with Crippen molar-refractivity contribution in [1.82, 2.24) is 4.31 Å². The van der Waals surface area contributed by atoms with Gasteiger partial charge in [-0.2, -0.15) is 4.31 Å². The third-order valence-corrected chi connectivity index (χ3v) is 5.27. The molecule has 1 aliphatic heterocycles. The van der Waals surface area contributed by atoms with Crippen LogP contribution in [0.5, 0.6) is 0 Å². The lowest BCUT2D eigenvalue weighted by Gasteiger charge is -2.31. The van der Waals surface area contributed by atoms with Crippen molar-refractivity contribution in [3.8, 4) is 0 Å². The number of rotatable bonds is 5. The van der Waals surface area contributed by atoms with E-state index in [1.54, 1.807) is 0 Å². The van der Waals surface area contributed by atoms with Crippen LogP contribution >= 0.6 is 0 Å². The predicted molar refractivity (Wildman–Crippen MR) is 64.5 cm³/mol. The quantitative estimate of drug-likeness (QED) is 0.661. The molecular weight excluding hydrogens is 258 g/mol. The van der Waals surface area contributed by atoms with Crippen molar-refractivity contribution < 1.29 is 22.7 Å². The Labute approximate surface area is 107 Å². The molecule has 0 bridgehead atoms. The number of hydrogen-bond donors (Lipinski definition) is 0. The molecule has 0 aromatic carbocycles. The SMILES string of the molecule is COC(=O)CC1CN(S(=O)(=O)CC2CC2)CCO1. The molecule has 1 saturated carbocycles. The van der Waals surface area contributed by atoms with E-state index in [0.717, 1.165) is 12.8 Å². The van der Waals surface area contributed by atoms with Gasteiger partial charge in [-0.3, -0.25) is 4.79 Å². The lowest BCUT2D eigenvalue weighted by Crippen LogP contribution is -2.47. The third kappa shape index (κ3) is 3.66. The molecular formula is C11H19NO5S. The Morgan fingerprint density at radius 3 is 2.78 bits per heavy atom. The van der Waals surface area contributed by atoms with Crippen molar-refractivity contribution in [2.75, 3.05) is 32.6 Å². The van der Waals surface area contributed by atoms with Crippen LogP contribution in [0.4, 0.5) is 0 Å². The molecule has 2 fully saturated rings. The third-order valence-electron chi connectivity index (χ3n) is 3.26. The normalized spacial score (nSPS) is 25.9. The second kappa shape index (κ2) is 5.54. The minimum absolute atomic E-state index is 0.103. The molecule has 0 N–H and O–H groups in total. The topological polar surface area (TPSA) is 72.9 Å². The minimum atomic E-state index is -3.19. The molecule has 0 amide bonds. The molecule has 6 nitrogen and oxygen atoms in total. The van der Waals surface area contributed by atoms with Gasteiger partial charge in [-0.15, -0.1) is 0 Å². The molecule has 7 heteroatoms. The van der Waals surface area contributed by atoms with Crippen LogP contribution in [-0.4, -0.2) is 57.4 Å². The first-order valence-corrected chi connectivity index (χ1v) is 7.78. The van der Waals surface area contributed by atoms with Crippen LogP contribution in [0.15, 0.2) is 0 Å². The smallest absolute Gasteiger partial charge is 0.308 e. The van der Waals surface area contributed by atoms with Gasteiger partial charge >= 0.3 is 5.97 Å². The number of hydrogen-bond acceptors (Lipinski definition) is 5. The average Bonchev–Trinajstić information content (AvgIpc) is 3.12. The van der Waals surface area contributed by atoms with Crippen molar-refractivity contribution in [2.45, 2.75) is 25.4 Å². The number of carbonyl (C=O) groups excluding carboxylic acids is 1. The van der Waals surface area contributed by atoms with Crippen LogP contribution in [0.2, 0.25) is 0 Å². The molecule has 1 heterocycles. The molecule has 1 atom stereocenters. The minimum Gasteiger partial charge on any atom is -0.469 e. The fourth-order valence-electron chi connectivity index (χ4n) is 2.03. The highest BCUT2D eigenvalue weighted by atomic mass is 32.2. The fraction of sp³-hybridized carbons (Fsp3) is 0.909. The number of morpholine rings is 1. The summed E-state index contributed by atoms with van der Waals surface area (Å²) in [5.41, 5.74) is 0. The molecule has 2 aliphatic rings. The van der Waals surface area contributed by atoms with Crippen molar-refractivity contribution >= 4 is 16.0 Å². The Hall–Kier alpha value is -0.660. The van der Waals surface area contributed by atoms with Gasteiger partial charge in [-0.1, -0.05) is 0 Å². The van der Waals surface area contributed by atoms with Crippen LogP contribution < -0.4 is 0 Å². The fourth-order valence-corrected chi connectivity index (χ4v) is 3.91. The summed E-state index contributed by atoms with van der Waals surface area (Å²) in [4.78, 5) is 11.2. The summed E-state index contributed by atoms with van der Waals surface area (Å²) in [6, 6.07) is 0. The Balaban J connectivity index is 1.90. The molecule has 0 aromatic heterocycles. The number of ether oxygens (including phenoxy) is 2. The van der Waals surface area contributed by atoms with E-state index in [1.807, 2.05) is 0 Å². The van der Waals surface area contributed by atoms with Gasteiger partial charge in [0.25, 0.3) is 0 Å². The molecule has 104 valence electrons. The Morgan fingerprint density at radius 2 is 2.17 bits per heavy atom. The zero-order chi connectivity index (χ0) is 13.2. The largest absolute Gasteiger partial charge is 0.469 e. The van der Waals surface area contributed by atoms with Crippen LogP contribution in [0.3, 0.4) is 0 Å². The zero-order valence-electron chi connectivity index (χ0n) is 10.5. The van der Waals surface area contributed by atoms with E-state index in [-0.39, 0.29) is 30.8 Å². The van der Waals surface area contributed by atoms with Crippen molar-refractivity contribution in [2.24, 2.45) is 5.92 Å². The highest BCUT2D eigenvalue weighted by Crippen LogP contribution is 2.31. The Morgan fingerprint density at radius 1 is 1.44 bits per heavy atom. The monoisotopic (exact) mass is 277 g/mol.